The number of amides is 2. The van der Waals surface area contributed by atoms with Crippen LogP contribution in [0.25, 0.3) is 0 Å². The van der Waals surface area contributed by atoms with Crippen molar-refractivity contribution in [3.05, 3.63) is 58.6 Å². The molecule has 0 aliphatic carbocycles. The van der Waals surface area contributed by atoms with E-state index in [4.69, 9.17) is 17.3 Å². The molecule has 1 saturated heterocycles. The molecule has 1 aliphatic heterocycles. The predicted molar refractivity (Wildman–Crippen MR) is 116 cm³/mol. The highest BCUT2D eigenvalue weighted by Gasteiger charge is 2.25. The maximum absolute atomic E-state index is 12.7. The molecule has 1 fully saturated rings. The van der Waals surface area contributed by atoms with Gasteiger partial charge in [0.1, 0.15) is 0 Å². The molecule has 0 spiro atoms. The van der Waals surface area contributed by atoms with E-state index in [1.165, 1.54) is 16.4 Å². The zero-order chi connectivity index (χ0) is 21.7. The minimum absolute atomic E-state index is 0.139. The fraction of sp³-hybridized carbons (Fsp3) is 0.333. The second kappa shape index (κ2) is 9.59. The minimum Gasteiger partial charge on any atom is -0.366 e. The van der Waals surface area contributed by atoms with Gasteiger partial charge in [-0.3, -0.25) is 9.59 Å². The molecule has 0 saturated carbocycles. The summed E-state index contributed by atoms with van der Waals surface area (Å²) in [5, 5.41) is 2.93. The van der Waals surface area contributed by atoms with Crippen molar-refractivity contribution in [3.8, 4) is 0 Å². The van der Waals surface area contributed by atoms with E-state index in [1.54, 1.807) is 30.3 Å². The van der Waals surface area contributed by atoms with E-state index in [0.29, 0.717) is 25.2 Å². The first-order valence-corrected chi connectivity index (χ1v) is 11.6. The lowest BCUT2D eigenvalue weighted by molar-refractivity contribution is -0.116. The number of piperidine rings is 1. The molecule has 3 rings (SSSR count). The third-order valence-electron chi connectivity index (χ3n) is 5.03. The van der Waals surface area contributed by atoms with Crippen LogP contribution >= 0.6 is 11.6 Å². The van der Waals surface area contributed by atoms with Gasteiger partial charge in [-0.2, -0.15) is 4.31 Å². The summed E-state index contributed by atoms with van der Waals surface area (Å²) >= 11 is 5.90. The summed E-state index contributed by atoms with van der Waals surface area (Å²) < 4.78 is 26.9. The standard InChI is InChI=1S/C21H24ClN3O4S/c22-19-10-7-16(14-18(19)21(23)27)24-20(26)11-6-15-4-8-17(9-5-15)30(28,29)25-12-2-1-3-13-25/h4-5,7-10,14H,1-3,6,11-13H2,(H2,23,27)(H,24,26). The number of hydrogen-bond acceptors (Lipinski definition) is 4. The van der Waals surface area contributed by atoms with E-state index >= 15 is 0 Å². The number of rotatable bonds is 7. The first-order chi connectivity index (χ1) is 14.3. The molecule has 2 aromatic carbocycles. The summed E-state index contributed by atoms with van der Waals surface area (Å²) in [6.07, 6.45) is 3.49. The second-order valence-electron chi connectivity index (χ2n) is 7.22. The average Bonchev–Trinajstić information content (AvgIpc) is 2.74. The van der Waals surface area contributed by atoms with E-state index < -0.39 is 15.9 Å². The summed E-state index contributed by atoms with van der Waals surface area (Å²) in [5.74, 6) is -0.909. The molecule has 1 heterocycles. The van der Waals surface area contributed by atoms with E-state index in [2.05, 4.69) is 5.32 Å². The SMILES string of the molecule is NC(=O)c1cc(NC(=O)CCc2ccc(S(=O)(=O)N3CCCCC3)cc2)ccc1Cl. The van der Waals surface area contributed by atoms with Crippen LogP contribution in [0.4, 0.5) is 5.69 Å². The zero-order valence-electron chi connectivity index (χ0n) is 16.4. The van der Waals surface area contributed by atoms with E-state index in [1.807, 2.05) is 0 Å². The normalized spacial score (nSPS) is 15.0. The molecular formula is C21H24ClN3O4S. The fourth-order valence-electron chi connectivity index (χ4n) is 3.36. The number of halogens is 1. The van der Waals surface area contributed by atoms with Crippen LogP contribution in [0.15, 0.2) is 47.4 Å². The average molecular weight is 450 g/mol. The van der Waals surface area contributed by atoms with Crippen molar-refractivity contribution < 1.29 is 18.0 Å². The van der Waals surface area contributed by atoms with Gasteiger partial charge in [0, 0.05) is 25.2 Å². The number of nitrogens with one attached hydrogen (secondary N) is 1. The van der Waals surface area contributed by atoms with Crippen LogP contribution in [-0.4, -0.2) is 37.6 Å². The van der Waals surface area contributed by atoms with Gasteiger partial charge in [-0.15, -0.1) is 0 Å². The number of aryl methyl sites for hydroxylation is 1. The van der Waals surface area contributed by atoms with Crippen molar-refractivity contribution >= 4 is 39.1 Å². The Bertz CT molecular complexity index is 1030. The number of nitrogens with zero attached hydrogens (tertiary/aromatic N) is 1. The first-order valence-electron chi connectivity index (χ1n) is 9.75. The lowest BCUT2D eigenvalue weighted by Crippen LogP contribution is -2.35. The Balaban J connectivity index is 1.58. The highest BCUT2D eigenvalue weighted by Crippen LogP contribution is 2.22. The monoisotopic (exact) mass is 449 g/mol. The Morgan fingerprint density at radius 3 is 2.33 bits per heavy atom. The topological polar surface area (TPSA) is 110 Å². The number of carbonyl (C=O) groups excluding carboxylic acids is 2. The molecule has 3 N–H and O–H groups in total. The Labute approximate surface area is 181 Å². The third-order valence-corrected chi connectivity index (χ3v) is 7.27. The van der Waals surface area contributed by atoms with Gasteiger partial charge in [-0.05, 0) is 55.2 Å². The number of anilines is 1. The molecule has 0 aromatic heterocycles. The number of nitrogens with two attached hydrogens (primary N) is 1. The van der Waals surface area contributed by atoms with Crippen LogP contribution in [0.3, 0.4) is 0 Å². The summed E-state index contributed by atoms with van der Waals surface area (Å²) in [6, 6.07) is 11.2. The van der Waals surface area contributed by atoms with Gasteiger partial charge in [-0.25, -0.2) is 8.42 Å². The molecule has 0 bridgehead atoms. The quantitative estimate of drug-likeness (QED) is 0.676. The van der Waals surface area contributed by atoms with Crippen molar-refractivity contribution in [2.24, 2.45) is 5.73 Å². The largest absolute Gasteiger partial charge is 0.366 e. The lowest BCUT2D eigenvalue weighted by Gasteiger charge is -2.25. The molecule has 7 nitrogen and oxygen atoms in total. The van der Waals surface area contributed by atoms with Gasteiger partial charge in [0.05, 0.1) is 15.5 Å². The molecule has 2 amide bonds. The van der Waals surface area contributed by atoms with Crippen molar-refractivity contribution in [2.45, 2.75) is 37.0 Å². The molecule has 9 heteroatoms. The van der Waals surface area contributed by atoms with Crippen LogP contribution in [-0.2, 0) is 21.2 Å². The molecule has 0 unspecified atom stereocenters. The molecule has 0 radical (unpaired) electrons. The molecule has 2 aromatic rings. The summed E-state index contributed by atoms with van der Waals surface area (Å²) in [5.41, 5.74) is 6.69. The molecule has 1 aliphatic rings. The number of sulfonamides is 1. The maximum Gasteiger partial charge on any atom is 0.250 e. The van der Waals surface area contributed by atoms with Crippen molar-refractivity contribution in [1.29, 1.82) is 0 Å². The number of primary amides is 1. The molecule has 160 valence electrons. The Kier molecular flexibility index (Phi) is 7.12. The first kappa shape index (κ1) is 22.3. The summed E-state index contributed by atoms with van der Waals surface area (Å²) in [4.78, 5) is 23.8. The second-order valence-corrected chi connectivity index (χ2v) is 9.56. The third kappa shape index (κ3) is 5.38. The lowest BCUT2D eigenvalue weighted by atomic mass is 10.1. The Hall–Kier alpha value is -2.42. The number of carbonyl (C=O) groups is 2. The van der Waals surface area contributed by atoms with Crippen molar-refractivity contribution in [3.63, 3.8) is 0 Å². The summed E-state index contributed by atoms with van der Waals surface area (Å²) in [7, 11) is -3.46. The Morgan fingerprint density at radius 2 is 1.70 bits per heavy atom. The van der Waals surface area contributed by atoms with Gasteiger partial charge in [0.2, 0.25) is 21.8 Å². The predicted octanol–water partition coefficient (Wildman–Crippen LogP) is 3.18. The van der Waals surface area contributed by atoms with Crippen LogP contribution < -0.4 is 11.1 Å². The molecular weight excluding hydrogens is 426 g/mol. The highest BCUT2D eigenvalue weighted by atomic mass is 35.5. The Morgan fingerprint density at radius 1 is 1.03 bits per heavy atom. The van der Waals surface area contributed by atoms with E-state index in [0.717, 1.165) is 24.8 Å². The van der Waals surface area contributed by atoms with Gasteiger partial charge >= 0.3 is 0 Å². The number of benzene rings is 2. The summed E-state index contributed by atoms with van der Waals surface area (Å²) in [6.45, 7) is 1.12. The highest BCUT2D eigenvalue weighted by molar-refractivity contribution is 7.89. The molecule has 0 atom stereocenters. The van der Waals surface area contributed by atoms with Gasteiger partial charge < -0.3 is 11.1 Å². The van der Waals surface area contributed by atoms with Crippen LogP contribution in [0, 0.1) is 0 Å². The maximum atomic E-state index is 12.7. The minimum atomic E-state index is -3.46. The number of hydrogen-bond donors (Lipinski definition) is 2. The fourth-order valence-corrected chi connectivity index (χ4v) is 5.08. The van der Waals surface area contributed by atoms with Crippen LogP contribution in [0.5, 0.6) is 0 Å². The van der Waals surface area contributed by atoms with Crippen LogP contribution in [0.2, 0.25) is 5.02 Å². The van der Waals surface area contributed by atoms with Gasteiger partial charge in [0.25, 0.3) is 0 Å². The van der Waals surface area contributed by atoms with E-state index in [9.17, 15) is 18.0 Å². The van der Waals surface area contributed by atoms with Crippen molar-refractivity contribution in [2.75, 3.05) is 18.4 Å². The van der Waals surface area contributed by atoms with E-state index in [-0.39, 0.29) is 27.8 Å². The van der Waals surface area contributed by atoms with Gasteiger partial charge in [0.15, 0.2) is 0 Å². The zero-order valence-corrected chi connectivity index (χ0v) is 18.0. The van der Waals surface area contributed by atoms with Gasteiger partial charge in [-0.1, -0.05) is 30.2 Å². The van der Waals surface area contributed by atoms with Crippen LogP contribution in [0.1, 0.15) is 41.6 Å². The smallest absolute Gasteiger partial charge is 0.250 e. The molecule has 30 heavy (non-hydrogen) atoms. The van der Waals surface area contributed by atoms with Crippen molar-refractivity contribution in [1.82, 2.24) is 4.31 Å².